The van der Waals surface area contributed by atoms with Crippen molar-refractivity contribution in [2.45, 2.75) is 334 Å². The topological polar surface area (TPSA) is 261 Å². The zero-order valence-electron chi connectivity index (χ0n) is 71.3. The number of esters is 6. The molecule has 5 saturated heterocycles. The van der Waals surface area contributed by atoms with Gasteiger partial charge < -0.3 is 56.7 Å². The fourth-order valence-electron chi connectivity index (χ4n) is 17.7. The van der Waals surface area contributed by atoms with Gasteiger partial charge in [0.2, 0.25) is 6.10 Å². The normalized spacial score (nSPS) is 29.3. The summed E-state index contributed by atoms with van der Waals surface area (Å²) in [5.41, 5.74) is -3.94. The molecule has 0 aromatic heterocycles. The minimum atomic E-state index is -5.27. The summed E-state index contributed by atoms with van der Waals surface area (Å²) in [7, 11) is -5.29. The molecule has 11 aliphatic rings. The van der Waals surface area contributed by atoms with Crippen molar-refractivity contribution >= 4 is 56.8 Å². The third-order valence-corrected chi connectivity index (χ3v) is 28.9. The summed E-state index contributed by atoms with van der Waals surface area (Å²) in [6.07, 6.45) is 5.25. The lowest BCUT2D eigenvalue weighted by molar-refractivity contribution is -0.239. The molecular weight excluding hydrogens is 1520 g/mol. The van der Waals surface area contributed by atoms with Crippen LogP contribution in [0, 0.1) is 67.5 Å². The Morgan fingerprint density at radius 1 is 0.583 bits per heavy atom. The molecule has 0 radical (unpaired) electrons. The zero-order valence-corrected chi connectivity index (χ0v) is 73.0. The van der Waals surface area contributed by atoms with Crippen LogP contribution in [0.25, 0.3) is 0 Å². The molecule has 12 unspecified atom stereocenters. The van der Waals surface area contributed by atoms with Crippen molar-refractivity contribution in [2.24, 2.45) is 67.5 Å². The molecule has 115 heavy (non-hydrogen) atoms. The van der Waals surface area contributed by atoms with Crippen LogP contribution < -0.4 is 0 Å². The van der Waals surface area contributed by atoms with Gasteiger partial charge in [-0.25, -0.2) is 8.42 Å². The number of alkyl halides is 3. The Bertz CT molecular complexity index is 3730. The predicted molar refractivity (Wildman–Crippen MR) is 427 cm³/mol. The van der Waals surface area contributed by atoms with E-state index in [0.29, 0.717) is 76.1 Å². The van der Waals surface area contributed by atoms with Gasteiger partial charge in [-0.1, -0.05) is 124 Å². The molecule has 14 rings (SSSR count). The second-order valence-electron chi connectivity index (χ2n) is 38.8. The van der Waals surface area contributed by atoms with E-state index in [0.717, 1.165) is 38.0 Å². The summed E-state index contributed by atoms with van der Waals surface area (Å²) in [5.74, 6) is -2.82. The van der Waals surface area contributed by atoms with Gasteiger partial charge in [-0.15, -0.1) is 0 Å². The molecule has 6 saturated carbocycles. The first-order chi connectivity index (χ1) is 53.6. The van der Waals surface area contributed by atoms with Crippen LogP contribution in [0.4, 0.5) is 13.2 Å². The van der Waals surface area contributed by atoms with Crippen molar-refractivity contribution in [3.63, 3.8) is 0 Å². The Kier molecular flexibility index (Phi) is 30.4. The molecule has 20 nitrogen and oxygen atoms in total. The highest BCUT2D eigenvalue weighted by Gasteiger charge is 2.67. The van der Waals surface area contributed by atoms with Gasteiger partial charge in [-0.3, -0.25) is 28.8 Å². The number of carbonyl (C=O) groups is 6. The maximum atomic E-state index is 13.3. The molecule has 6 bridgehead atoms. The number of hydrogen-bond acceptors (Lipinski definition) is 20. The van der Waals surface area contributed by atoms with Crippen LogP contribution in [0.3, 0.4) is 0 Å². The third-order valence-electron chi connectivity index (χ3n) is 26.0. The van der Waals surface area contributed by atoms with Crippen LogP contribution in [0.1, 0.15) is 247 Å². The second kappa shape index (κ2) is 37.5. The average molecular weight is 1650 g/mol. The molecule has 5 heterocycles. The minimum Gasteiger partial charge on any atom is -0.748 e. The molecular formula is C90H131F3O20S2. The van der Waals surface area contributed by atoms with Crippen LogP contribution in [-0.4, -0.2) is 153 Å². The largest absolute Gasteiger partial charge is 0.748 e. The van der Waals surface area contributed by atoms with Crippen LogP contribution >= 0.6 is 0 Å². The van der Waals surface area contributed by atoms with Gasteiger partial charge in [-0.05, 0) is 242 Å². The number of fused-ring (bicyclic) bond motifs is 2. The Morgan fingerprint density at radius 2 is 1.04 bits per heavy atom. The molecule has 12 atom stereocenters. The minimum absolute atomic E-state index is 0.00100. The summed E-state index contributed by atoms with van der Waals surface area (Å²) < 4.78 is 134. The molecule has 3 aromatic carbocycles. The highest BCUT2D eigenvalue weighted by Crippen LogP contribution is 2.64. The predicted octanol–water partition coefficient (Wildman–Crippen LogP) is 17.8. The quantitative estimate of drug-likeness (QED) is 0.0201. The lowest BCUT2D eigenvalue weighted by Gasteiger charge is -2.60. The maximum Gasteiger partial charge on any atom is 0.426 e. The summed E-state index contributed by atoms with van der Waals surface area (Å²) in [5, 5.41) is 0. The standard InChI is InChI=1S/C21H38O2.C20H29F3O7S.C18H32O6.C18H15S.C13H18O5/c1-7-20(5,6)18(22)23-21(14-8-9-15-21)17-12-10-16(11-13-17)19(2,3)4;1-4-17(2,3)15(24)30-19-8-12-5-13(9-19)7-18(6-12,11-19)16(25)29-14(20(21,22)23)10-31(26,27)28;1-7-18(5,6)16(19)24-13-9-22-14-12(8-21-15(13)14)23-11-20-10-17(2,3)4;1-4-10-16(11-5-1)19(17-12-6-2-7-13-17)18-14-8-3-9-15-18;1-4-13(2,3)12(15)18-9-7-5-6-8(16-7)10(9)17-11(6)14/h16-17H,7-15H2,1-6H3;12-14H,4-11H2,1-3H3,(H,26,27,28);12-15H,7-11H2,1-6H3;1-15H;6-10H,4-5H2,1-3H3/q;;;+1;/p-1. The number of carbonyl (C=O) groups excluding carboxylic acids is 6. The molecule has 6 aliphatic carbocycles. The Hall–Kier alpha value is -5.67. The highest BCUT2D eigenvalue weighted by molar-refractivity contribution is 7.97. The first-order valence-electron chi connectivity index (χ1n) is 41.9. The van der Waals surface area contributed by atoms with Gasteiger partial charge in [-0.2, -0.15) is 13.2 Å². The zero-order chi connectivity index (χ0) is 84.7. The van der Waals surface area contributed by atoms with E-state index in [4.69, 9.17) is 47.4 Å². The number of hydrogen-bond donors (Lipinski definition) is 0. The van der Waals surface area contributed by atoms with Crippen LogP contribution in [0.5, 0.6) is 0 Å². The number of benzene rings is 3. The molecule has 3 aromatic rings. The number of halogens is 3. The van der Waals surface area contributed by atoms with E-state index in [1.165, 1.54) is 53.2 Å². The van der Waals surface area contributed by atoms with E-state index in [1.807, 2.05) is 62.3 Å². The lowest BCUT2D eigenvalue weighted by Crippen LogP contribution is -2.61. The van der Waals surface area contributed by atoms with Crippen LogP contribution in [0.15, 0.2) is 106 Å². The van der Waals surface area contributed by atoms with Gasteiger partial charge in [0.25, 0.3) is 0 Å². The van der Waals surface area contributed by atoms with E-state index in [2.05, 4.69) is 144 Å². The van der Waals surface area contributed by atoms with Crippen LogP contribution in [-0.2, 0) is 102 Å². The van der Waals surface area contributed by atoms with Gasteiger partial charge >= 0.3 is 42.0 Å². The van der Waals surface area contributed by atoms with Gasteiger partial charge in [0, 0.05) is 6.42 Å². The van der Waals surface area contributed by atoms with Crippen molar-refractivity contribution in [1.29, 1.82) is 0 Å². The Labute approximate surface area is 684 Å². The van der Waals surface area contributed by atoms with Gasteiger partial charge in [0.1, 0.15) is 42.4 Å². The summed E-state index contributed by atoms with van der Waals surface area (Å²) in [6, 6.07) is 32.2. The van der Waals surface area contributed by atoms with E-state index >= 15 is 0 Å². The summed E-state index contributed by atoms with van der Waals surface area (Å²) in [6.45, 7) is 37.9. The molecule has 11 fully saturated rings. The molecule has 644 valence electrons. The van der Waals surface area contributed by atoms with Gasteiger partial charge in [0.05, 0.1) is 85.7 Å². The number of ether oxygens (including phenoxy) is 11. The van der Waals surface area contributed by atoms with Crippen molar-refractivity contribution in [3.05, 3.63) is 91.0 Å². The monoisotopic (exact) mass is 1650 g/mol. The maximum absolute atomic E-state index is 13.3. The SMILES string of the molecule is CCC(C)(C)C(=O)OC1(C2CCC(C(C)(C)C)CC2)CCCC1.CCC(C)(C)C(=O)OC12CC3CC(C1)CC(C(=O)OC(CS(=O)(=O)[O-])C(F)(F)F)(C3)C2.CCC(C)(C)C(=O)OC1C2CC3C(=O)OC1C3O2.CCC(C)(C)C(=O)OC1COC2C(OCOCC(C)(C)C)COC12.c1ccc([S+](c2ccccc2)c2ccccc2)cc1. The van der Waals surface area contributed by atoms with Crippen molar-refractivity contribution in [1.82, 2.24) is 0 Å². The molecule has 0 N–H and O–H groups in total. The second-order valence-corrected chi connectivity index (χ2v) is 42.2. The lowest BCUT2D eigenvalue weighted by atomic mass is 9.48. The van der Waals surface area contributed by atoms with Crippen molar-refractivity contribution in [2.75, 3.05) is 32.4 Å². The fourth-order valence-corrected chi connectivity index (χ4v) is 20.4. The molecule has 5 aliphatic heterocycles. The Morgan fingerprint density at radius 3 is 1.50 bits per heavy atom. The summed E-state index contributed by atoms with van der Waals surface area (Å²) >= 11 is 0. The van der Waals surface area contributed by atoms with E-state index in [-0.39, 0.29) is 119 Å². The van der Waals surface area contributed by atoms with E-state index in [1.54, 1.807) is 13.8 Å². The Balaban J connectivity index is 0.000000166. The smallest absolute Gasteiger partial charge is 0.426 e. The van der Waals surface area contributed by atoms with E-state index < -0.39 is 79.6 Å². The van der Waals surface area contributed by atoms with Crippen molar-refractivity contribution in [3.8, 4) is 0 Å². The number of rotatable bonds is 24. The van der Waals surface area contributed by atoms with Gasteiger partial charge in [0.15, 0.2) is 33.0 Å². The highest BCUT2D eigenvalue weighted by atomic mass is 32.2. The molecule has 0 amide bonds. The van der Waals surface area contributed by atoms with E-state index in [9.17, 15) is 54.9 Å². The van der Waals surface area contributed by atoms with Crippen LogP contribution in [0.2, 0.25) is 0 Å². The molecule has 0 spiro atoms. The average Bonchev–Trinajstić information content (AvgIpc) is 1.63. The van der Waals surface area contributed by atoms with Crippen molar-refractivity contribution < 1.29 is 107 Å². The molecule has 25 heteroatoms. The first-order valence-corrected chi connectivity index (χ1v) is 44.7. The summed E-state index contributed by atoms with van der Waals surface area (Å²) in [4.78, 5) is 78.3. The fraction of sp³-hybridized carbons (Fsp3) is 0.733. The third kappa shape index (κ3) is 23.5. The first kappa shape index (κ1) is 93.2.